The molecular formula is C23H26Cl2N2O3. The third-order valence-corrected chi connectivity index (χ3v) is 6.01. The van der Waals surface area contributed by atoms with Crippen LogP contribution in [0.25, 0.3) is 0 Å². The number of rotatable bonds is 5. The number of hydrogen-bond acceptors (Lipinski definition) is 4. The van der Waals surface area contributed by atoms with Gasteiger partial charge in [-0.3, -0.25) is 9.69 Å². The molecule has 0 amide bonds. The highest BCUT2D eigenvalue weighted by Gasteiger charge is 2.25. The second-order valence-corrected chi connectivity index (χ2v) is 8.15. The summed E-state index contributed by atoms with van der Waals surface area (Å²) in [5.74, 6) is -0.989. The van der Waals surface area contributed by atoms with Crippen molar-refractivity contribution in [3.63, 3.8) is 0 Å². The van der Waals surface area contributed by atoms with Crippen LogP contribution in [0, 0.1) is 5.92 Å². The Bertz CT molecular complexity index is 932. The zero-order chi connectivity index (χ0) is 20.2. The number of fused-ring (bicyclic) bond motifs is 2. The van der Waals surface area contributed by atoms with Crippen LogP contribution >= 0.6 is 24.0 Å². The van der Waals surface area contributed by atoms with Gasteiger partial charge in [0.25, 0.3) is 0 Å². The first-order valence-corrected chi connectivity index (χ1v) is 10.5. The van der Waals surface area contributed by atoms with Crippen molar-refractivity contribution >= 4 is 35.7 Å². The van der Waals surface area contributed by atoms with Gasteiger partial charge in [-0.25, -0.2) is 0 Å². The smallest absolute Gasteiger partial charge is 0.307 e. The van der Waals surface area contributed by atoms with Gasteiger partial charge >= 0.3 is 5.97 Å². The lowest BCUT2D eigenvalue weighted by Crippen LogP contribution is -2.40. The molecule has 1 aliphatic heterocycles. The van der Waals surface area contributed by atoms with Crippen LogP contribution in [0.3, 0.4) is 0 Å². The van der Waals surface area contributed by atoms with Gasteiger partial charge < -0.3 is 9.94 Å². The summed E-state index contributed by atoms with van der Waals surface area (Å²) in [5, 5.41) is 14.4. The molecule has 2 aromatic rings. The van der Waals surface area contributed by atoms with Crippen LogP contribution in [0.1, 0.15) is 35.1 Å². The molecule has 0 spiro atoms. The molecule has 5 nitrogen and oxygen atoms in total. The molecule has 7 heteroatoms. The second-order valence-electron chi connectivity index (χ2n) is 7.71. The van der Waals surface area contributed by atoms with Crippen molar-refractivity contribution < 1.29 is 14.7 Å². The summed E-state index contributed by atoms with van der Waals surface area (Å²) in [4.78, 5) is 19.1. The highest BCUT2D eigenvalue weighted by atomic mass is 35.5. The van der Waals surface area contributed by atoms with Gasteiger partial charge in [-0.1, -0.05) is 47.1 Å². The number of aliphatic carboxylic acids is 1. The Kier molecular flexibility index (Phi) is 7.75. The monoisotopic (exact) mass is 448 g/mol. The standard InChI is InChI=1S/C23H25ClN2O3.ClH/c24-19-10-9-17-8-7-16-4-1-2-6-20(16)22(21(17)14-19)25-29-13-12-26-11-3-5-18(15-26)23(27)28;/h1-2,4,6,9-10,14,18H,3,5,7-8,11-13,15H2,(H,27,28);1H/t18-;/m1./s1. The molecule has 1 aliphatic carbocycles. The lowest BCUT2D eigenvalue weighted by atomic mass is 9.98. The van der Waals surface area contributed by atoms with Crippen LogP contribution < -0.4 is 0 Å². The van der Waals surface area contributed by atoms with E-state index in [-0.39, 0.29) is 18.3 Å². The summed E-state index contributed by atoms with van der Waals surface area (Å²) in [6, 6.07) is 14.2. The molecule has 2 aliphatic rings. The molecule has 0 radical (unpaired) electrons. The largest absolute Gasteiger partial charge is 0.481 e. The Balaban J connectivity index is 0.00000256. The van der Waals surface area contributed by atoms with Gasteiger partial charge in [0.15, 0.2) is 0 Å². The summed E-state index contributed by atoms with van der Waals surface area (Å²) in [6.07, 6.45) is 3.55. The maximum absolute atomic E-state index is 11.2. The quantitative estimate of drug-likeness (QED) is 0.542. The van der Waals surface area contributed by atoms with E-state index < -0.39 is 5.97 Å². The number of piperidine rings is 1. The van der Waals surface area contributed by atoms with Crippen molar-refractivity contribution in [3.8, 4) is 0 Å². The van der Waals surface area contributed by atoms with Crippen molar-refractivity contribution in [2.45, 2.75) is 25.7 Å². The van der Waals surface area contributed by atoms with Gasteiger partial charge in [-0.05, 0) is 55.5 Å². The number of nitrogens with zero attached hydrogens (tertiary/aromatic N) is 2. The number of likely N-dealkylation sites (tertiary alicyclic amines) is 1. The minimum absolute atomic E-state index is 0. The maximum Gasteiger partial charge on any atom is 0.307 e. The Morgan fingerprint density at radius 1 is 1.17 bits per heavy atom. The van der Waals surface area contributed by atoms with E-state index in [1.165, 1.54) is 11.1 Å². The van der Waals surface area contributed by atoms with Gasteiger partial charge in [-0.2, -0.15) is 0 Å². The Hall–Kier alpha value is -2.08. The van der Waals surface area contributed by atoms with Crippen molar-refractivity contribution in [1.82, 2.24) is 4.90 Å². The predicted octanol–water partition coefficient (Wildman–Crippen LogP) is 4.43. The molecule has 1 heterocycles. The number of aryl methyl sites for hydroxylation is 2. The lowest BCUT2D eigenvalue weighted by Gasteiger charge is -2.30. The highest BCUT2D eigenvalue weighted by molar-refractivity contribution is 6.31. The first kappa shape index (κ1) is 22.6. The summed E-state index contributed by atoms with van der Waals surface area (Å²) in [5.41, 5.74) is 5.39. The second kappa shape index (κ2) is 10.3. The molecule has 0 saturated carbocycles. The van der Waals surface area contributed by atoms with E-state index in [1.807, 2.05) is 18.2 Å². The minimum atomic E-state index is -0.709. The fourth-order valence-corrected chi connectivity index (χ4v) is 4.38. The zero-order valence-electron chi connectivity index (χ0n) is 16.7. The van der Waals surface area contributed by atoms with Crippen LogP contribution in [0.5, 0.6) is 0 Å². The van der Waals surface area contributed by atoms with E-state index >= 15 is 0 Å². The van der Waals surface area contributed by atoms with E-state index in [9.17, 15) is 9.90 Å². The number of benzene rings is 2. The summed E-state index contributed by atoms with van der Waals surface area (Å²) in [6.45, 7) is 2.58. The van der Waals surface area contributed by atoms with Gasteiger partial charge in [0.05, 0.1) is 5.92 Å². The molecule has 1 N–H and O–H groups in total. The van der Waals surface area contributed by atoms with Crippen LogP contribution in [-0.2, 0) is 22.5 Å². The number of halogens is 2. The van der Waals surface area contributed by atoms with E-state index in [0.29, 0.717) is 24.7 Å². The van der Waals surface area contributed by atoms with Crippen LogP contribution in [-0.4, -0.2) is 47.9 Å². The Morgan fingerprint density at radius 2 is 1.93 bits per heavy atom. The fraction of sp³-hybridized carbons (Fsp3) is 0.391. The first-order chi connectivity index (χ1) is 14.1. The molecule has 160 valence electrons. The third-order valence-electron chi connectivity index (χ3n) is 5.77. The van der Waals surface area contributed by atoms with E-state index in [1.54, 1.807) is 0 Å². The molecule has 1 fully saturated rings. The van der Waals surface area contributed by atoms with Gasteiger partial charge in [0, 0.05) is 29.2 Å². The van der Waals surface area contributed by atoms with Crippen molar-refractivity contribution in [2.24, 2.45) is 11.1 Å². The van der Waals surface area contributed by atoms with Gasteiger partial charge in [0.1, 0.15) is 12.3 Å². The van der Waals surface area contributed by atoms with E-state index in [4.69, 9.17) is 16.4 Å². The summed E-state index contributed by atoms with van der Waals surface area (Å²) in [7, 11) is 0. The number of oxime groups is 1. The van der Waals surface area contributed by atoms with Crippen LogP contribution in [0.2, 0.25) is 5.02 Å². The lowest BCUT2D eigenvalue weighted by molar-refractivity contribution is -0.143. The highest BCUT2D eigenvalue weighted by Crippen LogP contribution is 2.27. The van der Waals surface area contributed by atoms with Gasteiger partial charge in [-0.15, -0.1) is 12.4 Å². The molecule has 1 saturated heterocycles. The minimum Gasteiger partial charge on any atom is -0.481 e. The van der Waals surface area contributed by atoms with Crippen LogP contribution in [0.15, 0.2) is 47.6 Å². The number of carboxylic acids is 1. The molecule has 2 aromatic carbocycles. The molecule has 0 unspecified atom stereocenters. The SMILES string of the molecule is Cl.O=C(O)[C@@H]1CCCN(CCON=C2c3ccccc3CCc3ccc(Cl)cc32)C1. The van der Waals surface area contributed by atoms with Gasteiger partial charge in [0.2, 0.25) is 0 Å². The van der Waals surface area contributed by atoms with Crippen molar-refractivity contribution in [1.29, 1.82) is 0 Å². The first-order valence-electron chi connectivity index (χ1n) is 10.1. The maximum atomic E-state index is 11.2. The zero-order valence-corrected chi connectivity index (χ0v) is 18.3. The normalized spacial score (nSPS) is 19.9. The number of carboxylic acid groups (broad SMARTS) is 1. The average molecular weight is 449 g/mol. The molecule has 30 heavy (non-hydrogen) atoms. The molecular weight excluding hydrogens is 423 g/mol. The van der Waals surface area contributed by atoms with E-state index in [0.717, 1.165) is 49.1 Å². The predicted molar refractivity (Wildman–Crippen MR) is 121 cm³/mol. The number of carbonyl (C=O) groups is 1. The number of hydrogen-bond donors (Lipinski definition) is 1. The fourth-order valence-electron chi connectivity index (χ4n) is 4.21. The molecule has 0 aromatic heterocycles. The summed E-state index contributed by atoms with van der Waals surface area (Å²) >= 11 is 6.27. The van der Waals surface area contributed by atoms with Crippen LogP contribution in [0.4, 0.5) is 0 Å². The Labute approximate surface area is 188 Å². The van der Waals surface area contributed by atoms with Crippen molar-refractivity contribution in [3.05, 3.63) is 69.7 Å². The molecule has 0 bridgehead atoms. The molecule has 4 rings (SSSR count). The average Bonchev–Trinajstić information content (AvgIpc) is 2.88. The summed E-state index contributed by atoms with van der Waals surface area (Å²) < 4.78 is 0. The molecule has 1 atom stereocenters. The third kappa shape index (κ3) is 5.15. The van der Waals surface area contributed by atoms with Crippen molar-refractivity contribution in [2.75, 3.05) is 26.2 Å². The topological polar surface area (TPSA) is 62.1 Å². The Morgan fingerprint density at radius 3 is 2.73 bits per heavy atom. The van der Waals surface area contributed by atoms with E-state index in [2.05, 4.69) is 34.3 Å².